The first kappa shape index (κ1) is 18.4. The van der Waals surface area contributed by atoms with E-state index in [9.17, 15) is 5.26 Å². The summed E-state index contributed by atoms with van der Waals surface area (Å²) in [6.07, 6.45) is 1.63. The molecular weight excluding hydrogens is 356 g/mol. The molecule has 0 bridgehead atoms. The van der Waals surface area contributed by atoms with Gasteiger partial charge in [-0.2, -0.15) is 10.4 Å². The summed E-state index contributed by atoms with van der Waals surface area (Å²) in [6.45, 7) is 10.1. The smallest absolute Gasteiger partial charge is 0.169 e. The van der Waals surface area contributed by atoms with E-state index in [-0.39, 0.29) is 0 Å². The summed E-state index contributed by atoms with van der Waals surface area (Å²) in [5, 5.41) is 18.1. The van der Waals surface area contributed by atoms with Crippen LogP contribution in [0.2, 0.25) is 0 Å². The summed E-state index contributed by atoms with van der Waals surface area (Å²) in [7, 11) is 0. The Labute approximate surface area is 164 Å². The van der Waals surface area contributed by atoms with Crippen LogP contribution in [0, 0.1) is 25.2 Å². The van der Waals surface area contributed by atoms with Crippen LogP contribution in [-0.4, -0.2) is 72.6 Å². The number of morpholine rings is 1. The molecular formula is C19H24N8O. The molecule has 9 nitrogen and oxygen atoms in total. The Kier molecular flexibility index (Phi) is 5.21. The molecule has 2 aromatic rings. The number of piperazine rings is 1. The highest BCUT2D eigenvalue weighted by atomic mass is 16.5. The van der Waals surface area contributed by atoms with E-state index < -0.39 is 0 Å². The maximum atomic E-state index is 9.55. The zero-order valence-corrected chi connectivity index (χ0v) is 16.3. The van der Waals surface area contributed by atoms with Crippen LogP contribution in [0.5, 0.6) is 0 Å². The number of anilines is 3. The molecule has 0 aromatic carbocycles. The average Bonchev–Trinajstić information content (AvgIpc) is 2.76. The lowest BCUT2D eigenvalue weighted by atomic mass is 10.1. The fraction of sp³-hybridized carbons (Fsp3) is 0.526. The molecule has 0 amide bonds. The van der Waals surface area contributed by atoms with Gasteiger partial charge < -0.3 is 19.4 Å². The molecule has 0 aliphatic carbocycles. The summed E-state index contributed by atoms with van der Waals surface area (Å²) >= 11 is 0. The Balaban J connectivity index is 1.46. The van der Waals surface area contributed by atoms with Gasteiger partial charge in [0.2, 0.25) is 0 Å². The molecule has 0 spiro atoms. The molecule has 9 heteroatoms. The van der Waals surface area contributed by atoms with Gasteiger partial charge in [0.1, 0.15) is 29.6 Å². The average molecular weight is 380 g/mol. The van der Waals surface area contributed by atoms with Crippen LogP contribution >= 0.6 is 0 Å². The van der Waals surface area contributed by atoms with E-state index in [0.717, 1.165) is 75.4 Å². The molecule has 4 heterocycles. The molecule has 0 radical (unpaired) electrons. The quantitative estimate of drug-likeness (QED) is 0.770. The van der Waals surface area contributed by atoms with Gasteiger partial charge in [-0.3, -0.25) is 0 Å². The van der Waals surface area contributed by atoms with E-state index >= 15 is 0 Å². The second kappa shape index (κ2) is 7.94. The zero-order chi connectivity index (χ0) is 19.5. The van der Waals surface area contributed by atoms with Gasteiger partial charge in [-0.1, -0.05) is 0 Å². The number of aryl methyl sites for hydroxylation is 1. The summed E-state index contributed by atoms with van der Waals surface area (Å²) in [4.78, 5) is 15.5. The van der Waals surface area contributed by atoms with Crippen molar-refractivity contribution in [3.63, 3.8) is 0 Å². The third-order valence-electron chi connectivity index (χ3n) is 5.42. The minimum atomic E-state index is 0.623. The Bertz CT molecular complexity index is 882. The molecule has 2 aliphatic heterocycles. The van der Waals surface area contributed by atoms with Crippen molar-refractivity contribution in [3.05, 3.63) is 29.2 Å². The number of ether oxygens (including phenoxy) is 1. The van der Waals surface area contributed by atoms with Gasteiger partial charge in [0.15, 0.2) is 5.82 Å². The minimum Gasteiger partial charge on any atom is -0.378 e. The third-order valence-corrected chi connectivity index (χ3v) is 5.42. The van der Waals surface area contributed by atoms with Gasteiger partial charge in [0, 0.05) is 45.3 Å². The molecule has 146 valence electrons. The fourth-order valence-corrected chi connectivity index (χ4v) is 3.57. The van der Waals surface area contributed by atoms with Crippen LogP contribution in [0.1, 0.15) is 16.8 Å². The Morgan fingerprint density at radius 1 is 0.893 bits per heavy atom. The first-order chi connectivity index (χ1) is 13.7. The van der Waals surface area contributed by atoms with Gasteiger partial charge in [-0.05, 0) is 19.4 Å². The summed E-state index contributed by atoms with van der Waals surface area (Å²) in [5.41, 5.74) is 2.33. The van der Waals surface area contributed by atoms with Crippen molar-refractivity contribution in [3.8, 4) is 6.07 Å². The number of hydrogen-bond donors (Lipinski definition) is 0. The van der Waals surface area contributed by atoms with Crippen LogP contribution in [0.15, 0.2) is 12.4 Å². The second-order valence-electron chi connectivity index (χ2n) is 7.03. The molecule has 28 heavy (non-hydrogen) atoms. The molecule has 0 unspecified atom stereocenters. The van der Waals surface area contributed by atoms with Crippen molar-refractivity contribution in [2.24, 2.45) is 0 Å². The summed E-state index contributed by atoms with van der Waals surface area (Å²) < 4.78 is 5.42. The predicted molar refractivity (Wildman–Crippen MR) is 106 cm³/mol. The van der Waals surface area contributed by atoms with Crippen molar-refractivity contribution in [1.82, 2.24) is 20.2 Å². The van der Waals surface area contributed by atoms with Crippen LogP contribution in [0.3, 0.4) is 0 Å². The topological polar surface area (TPSA) is 94.3 Å². The monoisotopic (exact) mass is 380 g/mol. The number of aromatic nitrogens is 4. The lowest BCUT2D eigenvalue weighted by Crippen LogP contribution is -2.47. The first-order valence-corrected chi connectivity index (χ1v) is 9.56. The lowest BCUT2D eigenvalue weighted by Gasteiger charge is -2.36. The van der Waals surface area contributed by atoms with E-state index in [1.165, 1.54) is 0 Å². The molecule has 2 fully saturated rings. The number of hydrogen-bond acceptors (Lipinski definition) is 9. The second-order valence-corrected chi connectivity index (χ2v) is 7.03. The Morgan fingerprint density at radius 3 is 2.14 bits per heavy atom. The highest BCUT2D eigenvalue weighted by Gasteiger charge is 2.24. The number of nitriles is 1. The molecule has 0 N–H and O–H groups in total. The van der Waals surface area contributed by atoms with E-state index in [1.54, 1.807) is 6.33 Å². The lowest BCUT2D eigenvalue weighted by molar-refractivity contribution is 0.122. The van der Waals surface area contributed by atoms with Crippen molar-refractivity contribution in [2.75, 3.05) is 67.2 Å². The van der Waals surface area contributed by atoms with Crippen molar-refractivity contribution >= 4 is 17.5 Å². The molecule has 0 saturated carbocycles. The molecule has 2 aliphatic rings. The van der Waals surface area contributed by atoms with Gasteiger partial charge >= 0.3 is 0 Å². The third kappa shape index (κ3) is 3.55. The predicted octanol–water partition coefficient (Wildman–Crippen LogP) is 0.918. The molecule has 4 rings (SSSR count). The number of nitrogens with zero attached hydrogens (tertiary/aromatic N) is 8. The molecule has 0 atom stereocenters. The van der Waals surface area contributed by atoms with Crippen molar-refractivity contribution in [1.29, 1.82) is 5.26 Å². The number of rotatable bonds is 3. The Morgan fingerprint density at radius 2 is 1.50 bits per heavy atom. The van der Waals surface area contributed by atoms with Crippen LogP contribution in [-0.2, 0) is 4.74 Å². The van der Waals surface area contributed by atoms with Crippen molar-refractivity contribution in [2.45, 2.75) is 13.8 Å². The van der Waals surface area contributed by atoms with E-state index in [2.05, 4.69) is 47.0 Å². The highest BCUT2D eigenvalue weighted by Crippen LogP contribution is 2.24. The SMILES string of the molecule is Cc1nnc(N2CCN(c3cc(N4CCOCC4)ncn3)CC2)c(C#N)c1C. The molecule has 2 saturated heterocycles. The van der Waals surface area contributed by atoms with E-state index in [4.69, 9.17) is 4.74 Å². The van der Waals surface area contributed by atoms with E-state index in [1.807, 2.05) is 13.8 Å². The highest BCUT2D eigenvalue weighted by molar-refractivity contribution is 5.59. The zero-order valence-electron chi connectivity index (χ0n) is 16.3. The van der Waals surface area contributed by atoms with Gasteiger partial charge in [-0.25, -0.2) is 9.97 Å². The van der Waals surface area contributed by atoms with Crippen LogP contribution < -0.4 is 14.7 Å². The first-order valence-electron chi connectivity index (χ1n) is 9.56. The minimum absolute atomic E-state index is 0.623. The van der Waals surface area contributed by atoms with Gasteiger partial charge in [-0.15, -0.1) is 5.10 Å². The Hall–Kier alpha value is -2.99. The van der Waals surface area contributed by atoms with Crippen LogP contribution in [0.25, 0.3) is 0 Å². The summed E-state index contributed by atoms with van der Waals surface area (Å²) in [5.74, 6) is 2.56. The van der Waals surface area contributed by atoms with Gasteiger partial charge in [0.25, 0.3) is 0 Å². The summed E-state index contributed by atoms with van der Waals surface area (Å²) in [6, 6.07) is 4.35. The maximum Gasteiger partial charge on any atom is 0.169 e. The van der Waals surface area contributed by atoms with E-state index in [0.29, 0.717) is 11.4 Å². The normalized spacial score (nSPS) is 17.5. The largest absolute Gasteiger partial charge is 0.378 e. The molecule has 2 aromatic heterocycles. The maximum absolute atomic E-state index is 9.55. The van der Waals surface area contributed by atoms with Crippen LogP contribution in [0.4, 0.5) is 17.5 Å². The van der Waals surface area contributed by atoms with Gasteiger partial charge in [0.05, 0.1) is 18.9 Å². The standard InChI is InChI=1S/C19H24N8O/c1-14-15(2)23-24-19(16(14)12-20)27-5-3-25(4-6-27)17-11-18(22-13-21-17)26-7-9-28-10-8-26/h11,13H,3-10H2,1-2H3. The van der Waals surface area contributed by atoms with Crippen molar-refractivity contribution < 1.29 is 4.74 Å². The fourth-order valence-electron chi connectivity index (χ4n) is 3.57.